The first-order valence-electron chi connectivity index (χ1n) is 9.24. The molecule has 9 heteroatoms. The first-order chi connectivity index (χ1) is 15.2. The van der Waals surface area contributed by atoms with Gasteiger partial charge in [-0.3, -0.25) is 14.9 Å². The number of rotatable bonds is 4. The molecule has 1 aromatic heterocycles. The molecule has 0 saturated carbocycles. The van der Waals surface area contributed by atoms with Crippen LogP contribution in [0.4, 0.5) is 5.69 Å². The summed E-state index contributed by atoms with van der Waals surface area (Å²) in [5.41, 5.74) is 0.633. The maximum Gasteiger partial charge on any atom is 0.345 e. The molecule has 1 heterocycles. The van der Waals surface area contributed by atoms with E-state index in [1.807, 2.05) is 6.92 Å². The quantitative estimate of drug-likeness (QED) is 0.200. The molecule has 4 aromatic rings. The minimum absolute atomic E-state index is 0.0365. The molecule has 0 saturated heterocycles. The fourth-order valence-electron chi connectivity index (χ4n) is 3.11. The lowest BCUT2D eigenvalue weighted by Gasteiger charge is -2.11. The van der Waals surface area contributed by atoms with Crippen molar-refractivity contribution >= 4 is 45.8 Å². The van der Waals surface area contributed by atoms with E-state index >= 15 is 0 Å². The number of ether oxygens (including phenoxy) is 1. The fourth-order valence-corrected chi connectivity index (χ4v) is 3.48. The van der Waals surface area contributed by atoms with Crippen LogP contribution in [0, 0.1) is 17.0 Å². The van der Waals surface area contributed by atoms with Gasteiger partial charge in [-0.15, -0.1) is 0 Å². The molecule has 4 rings (SSSR count). The number of carbonyl (C=O) groups excluding carboxylic acids is 1. The van der Waals surface area contributed by atoms with Crippen LogP contribution in [-0.2, 0) is 0 Å². The Morgan fingerprint density at radius 3 is 2.41 bits per heavy atom. The molecule has 0 atom stereocenters. The molecule has 0 spiro atoms. The second-order valence-corrected chi connectivity index (χ2v) is 7.75. The van der Waals surface area contributed by atoms with Crippen molar-refractivity contribution in [1.29, 1.82) is 0 Å². The van der Waals surface area contributed by atoms with Crippen molar-refractivity contribution in [3.8, 4) is 17.1 Å². The molecular weight excluding hydrogens is 457 g/mol. The van der Waals surface area contributed by atoms with Crippen molar-refractivity contribution in [2.75, 3.05) is 0 Å². The van der Waals surface area contributed by atoms with Crippen LogP contribution in [0.2, 0.25) is 10.0 Å². The summed E-state index contributed by atoms with van der Waals surface area (Å²) in [5, 5.41) is 11.4. The lowest BCUT2D eigenvalue weighted by Crippen LogP contribution is -2.17. The van der Waals surface area contributed by atoms with E-state index in [9.17, 15) is 19.7 Å². The van der Waals surface area contributed by atoms with Gasteiger partial charge in [0.15, 0.2) is 5.76 Å². The lowest BCUT2D eigenvalue weighted by atomic mass is 10.1. The van der Waals surface area contributed by atoms with E-state index in [0.29, 0.717) is 16.2 Å². The van der Waals surface area contributed by atoms with Crippen LogP contribution in [0.3, 0.4) is 0 Å². The van der Waals surface area contributed by atoms with Crippen LogP contribution in [-0.4, -0.2) is 10.9 Å². The number of carbonyl (C=O) groups is 1. The van der Waals surface area contributed by atoms with E-state index in [-0.39, 0.29) is 33.2 Å². The van der Waals surface area contributed by atoms with Crippen molar-refractivity contribution in [2.24, 2.45) is 0 Å². The summed E-state index contributed by atoms with van der Waals surface area (Å²) in [5.74, 6) is -1.25. The third-order valence-electron chi connectivity index (χ3n) is 4.69. The van der Waals surface area contributed by atoms with Crippen LogP contribution in [0.1, 0.15) is 15.9 Å². The van der Waals surface area contributed by atoms with Crippen molar-refractivity contribution in [3.05, 3.63) is 102 Å². The monoisotopic (exact) mass is 469 g/mol. The van der Waals surface area contributed by atoms with Gasteiger partial charge in [0.1, 0.15) is 5.58 Å². The number of non-ortho nitro benzene ring substituents is 1. The summed E-state index contributed by atoms with van der Waals surface area (Å²) in [7, 11) is 0. The molecule has 0 N–H and O–H groups in total. The first-order valence-corrected chi connectivity index (χ1v) is 9.99. The molecule has 0 fully saturated rings. The summed E-state index contributed by atoms with van der Waals surface area (Å²) in [6, 6.07) is 14.8. The standard InChI is InChI=1S/C23H13Cl2NO6/c1-12-2-9-19-17(10-12)20(27)22(21(31-19)13-3-5-14(24)6-4-13)32-23(28)16-8-7-15(26(29)30)11-18(16)25/h2-11H,1H3. The van der Waals surface area contributed by atoms with E-state index in [2.05, 4.69) is 0 Å². The van der Waals surface area contributed by atoms with Crippen molar-refractivity contribution in [2.45, 2.75) is 6.92 Å². The Hall–Kier alpha value is -3.68. The van der Waals surface area contributed by atoms with Gasteiger partial charge in [0.05, 0.1) is 20.9 Å². The maximum absolute atomic E-state index is 13.3. The maximum atomic E-state index is 13.3. The van der Waals surface area contributed by atoms with Gasteiger partial charge < -0.3 is 9.15 Å². The molecule has 0 bridgehead atoms. The highest BCUT2D eigenvalue weighted by molar-refractivity contribution is 6.33. The number of nitrogens with zero attached hydrogens (tertiary/aromatic N) is 1. The van der Waals surface area contributed by atoms with Crippen molar-refractivity contribution in [1.82, 2.24) is 0 Å². The topological polar surface area (TPSA) is 99.7 Å². The van der Waals surface area contributed by atoms with E-state index in [1.165, 1.54) is 0 Å². The van der Waals surface area contributed by atoms with Crippen LogP contribution >= 0.6 is 23.2 Å². The Kier molecular flexibility index (Phi) is 5.69. The van der Waals surface area contributed by atoms with Crippen LogP contribution in [0.15, 0.2) is 69.9 Å². The number of aryl methyl sites for hydroxylation is 1. The SMILES string of the molecule is Cc1ccc2oc(-c3ccc(Cl)cc3)c(OC(=O)c3ccc([N+](=O)[O-])cc3Cl)c(=O)c2c1. The predicted molar refractivity (Wildman–Crippen MR) is 121 cm³/mol. The van der Waals surface area contributed by atoms with Crippen LogP contribution in [0.5, 0.6) is 5.75 Å². The zero-order chi connectivity index (χ0) is 23.0. The Bertz CT molecular complexity index is 1440. The third kappa shape index (κ3) is 4.08. The normalized spacial score (nSPS) is 10.8. The highest BCUT2D eigenvalue weighted by Crippen LogP contribution is 2.33. The molecule has 0 amide bonds. The van der Waals surface area contributed by atoms with Crippen molar-refractivity contribution in [3.63, 3.8) is 0 Å². The largest absolute Gasteiger partial charge is 0.452 e. The number of nitro benzene ring substituents is 1. The second-order valence-electron chi connectivity index (χ2n) is 6.91. The first kappa shape index (κ1) is 21.5. The molecule has 0 aliphatic carbocycles. The van der Waals surface area contributed by atoms with Gasteiger partial charge in [-0.05, 0) is 49.4 Å². The molecule has 3 aromatic carbocycles. The highest BCUT2D eigenvalue weighted by Gasteiger charge is 2.23. The lowest BCUT2D eigenvalue weighted by molar-refractivity contribution is -0.384. The average molecular weight is 470 g/mol. The van der Waals surface area contributed by atoms with Crippen LogP contribution < -0.4 is 10.2 Å². The molecule has 7 nitrogen and oxygen atoms in total. The number of hydrogen-bond acceptors (Lipinski definition) is 6. The Morgan fingerprint density at radius 1 is 1.03 bits per heavy atom. The fraction of sp³-hybridized carbons (Fsp3) is 0.0435. The molecule has 0 radical (unpaired) electrons. The second kappa shape index (κ2) is 8.45. The number of esters is 1. The number of nitro groups is 1. The minimum Gasteiger partial charge on any atom is -0.452 e. The Labute approximate surface area is 190 Å². The van der Waals surface area contributed by atoms with E-state index in [1.54, 1.807) is 42.5 Å². The summed E-state index contributed by atoms with van der Waals surface area (Å²) in [6.45, 7) is 1.81. The van der Waals surface area contributed by atoms with Gasteiger partial charge in [0, 0.05) is 22.7 Å². The van der Waals surface area contributed by atoms with Gasteiger partial charge in [-0.25, -0.2) is 4.79 Å². The zero-order valence-corrected chi connectivity index (χ0v) is 17.9. The van der Waals surface area contributed by atoms with E-state index in [4.69, 9.17) is 32.4 Å². The zero-order valence-electron chi connectivity index (χ0n) is 16.4. The molecule has 0 unspecified atom stereocenters. The van der Waals surface area contributed by atoms with E-state index in [0.717, 1.165) is 23.8 Å². The summed E-state index contributed by atoms with van der Waals surface area (Å²) in [4.78, 5) is 36.4. The smallest absolute Gasteiger partial charge is 0.345 e. The van der Waals surface area contributed by atoms with Gasteiger partial charge >= 0.3 is 5.97 Å². The van der Waals surface area contributed by atoms with Crippen LogP contribution in [0.25, 0.3) is 22.3 Å². The van der Waals surface area contributed by atoms with E-state index < -0.39 is 16.3 Å². The highest BCUT2D eigenvalue weighted by atomic mass is 35.5. The number of benzene rings is 3. The van der Waals surface area contributed by atoms with Crippen molar-refractivity contribution < 1.29 is 18.9 Å². The molecule has 32 heavy (non-hydrogen) atoms. The summed E-state index contributed by atoms with van der Waals surface area (Å²) in [6.07, 6.45) is 0. The Morgan fingerprint density at radius 2 is 1.75 bits per heavy atom. The number of fused-ring (bicyclic) bond motifs is 1. The average Bonchev–Trinajstić information content (AvgIpc) is 2.76. The van der Waals surface area contributed by atoms with Gasteiger partial charge in [-0.1, -0.05) is 34.8 Å². The number of halogens is 2. The third-order valence-corrected chi connectivity index (χ3v) is 5.25. The molecule has 0 aliphatic rings. The number of hydrogen-bond donors (Lipinski definition) is 0. The molecular formula is C23H13Cl2NO6. The summed E-state index contributed by atoms with van der Waals surface area (Å²) >= 11 is 12.0. The predicted octanol–water partition coefficient (Wildman–Crippen LogP) is 6.20. The molecule has 160 valence electrons. The van der Waals surface area contributed by atoms with Gasteiger partial charge in [0.25, 0.3) is 5.69 Å². The van der Waals surface area contributed by atoms with Gasteiger partial charge in [-0.2, -0.15) is 0 Å². The summed E-state index contributed by atoms with van der Waals surface area (Å²) < 4.78 is 11.4. The Balaban J connectivity index is 1.86. The van der Waals surface area contributed by atoms with Gasteiger partial charge in [0.2, 0.25) is 11.2 Å². The minimum atomic E-state index is -0.959. The molecule has 0 aliphatic heterocycles.